The molecule has 90 valence electrons. The topological polar surface area (TPSA) is 9.23 Å². The summed E-state index contributed by atoms with van der Waals surface area (Å²) in [5.74, 6) is 1.71. The van der Waals surface area contributed by atoms with Crippen LogP contribution in [0.3, 0.4) is 0 Å². The maximum absolute atomic E-state index is 5.78. The van der Waals surface area contributed by atoms with Crippen molar-refractivity contribution in [1.82, 2.24) is 0 Å². The Morgan fingerprint density at radius 2 is 1.82 bits per heavy atom. The third-order valence-corrected chi connectivity index (χ3v) is 2.35. The van der Waals surface area contributed by atoms with E-state index in [2.05, 4.69) is 19.1 Å². The van der Waals surface area contributed by atoms with Gasteiger partial charge in [-0.2, -0.15) is 0 Å². The van der Waals surface area contributed by atoms with E-state index < -0.39 is 0 Å². The summed E-state index contributed by atoms with van der Waals surface area (Å²) < 4.78 is 5.78. The molecule has 1 aromatic carbocycles. The van der Waals surface area contributed by atoms with Crippen molar-refractivity contribution in [2.24, 2.45) is 0 Å². The van der Waals surface area contributed by atoms with Gasteiger partial charge in [-0.15, -0.1) is 0 Å². The zero-order chi connectivity index (χ0) is 12.5. The minimum Gasteiger partial charge on any atom is -0.457 e. The Labute approximate surface area is 104 Å². The molecular weight excluding hydrogens is 208 g/mol. The lowest BCUT2D eigenvalue weighted by molar-refractivity contribution is 0.444. The maximum Gasteiger partial charge on any atom is 0.127 e. The summed E-state index contributed by atoms with van der Waals surface area (Å²) >= 11 is 0. The van der Waals surface area contributed by atoms with Gasteiger partial charge in [-0.1, -0.05) is 37.3 Å². The molecule has 0 unspecified atom stereocenters. The third kappa shape index (κ3) is 4.73. The van der Waals surface area contributed by atoms with Gasteiger partial charge in [-0.3, -0.25) is 0 Å². The van der Waals surface area contributed by atoms with Crippen LogP contribution in [0.5, 0.6) is 5.75 Å². The molecule has 1 nitrogen and oxygen atoms in total. The fourth-order valence-electron chi connectivity index (χ4n) is 1.41. The van der Waals surface area contributed by atoms with Crippen molar-refractivity contribution < 1.29 is 4.74 Å². The van der Waals surface area contributed by atoms with E-state index in [0.717, 1.165) is 17.9 Å². The molecule has 0 aliphatic carbocycles. The highest BCUT2D eigenvalue weighted by molar-refractivity contribution is 5.31. The second-order valence-electron chi connectivity index (χ2n) is 3.69. The molecule has 1 heteroatoms. The molecule has 0 fully saturated rings. The van der Waals surface area contributed by atoms with Crippen molar-refractivity contribution in [2.75, 3.05) is 0 Å². The van der Waals surface area contributed by atoms with Crippen LogP contribution in [0.4, 0.5) is 0 Å². The van der Waals surface area contributed by atoms with Gasteiger partial charge in [-0.05, 0) is 50.1 Å². The van der Waals surface area contributed by atoms with Crippen LogP contribution in [0, 0.1) is 0 Å². The molecule has 0 N–H and O–H groups in total. The van der Waals surface area contributed by atoms with Crippen molar-refractivity contribution in [3.8, 4) is 5.75 Å². The first-order valence-electron chi connectivity index (χ1n) is 6.02. The van der Waals surface area contributed by atoms with Gasteiger partial charge in [0, 0.05) is 0 Å². The Hall–Kier alpha value is -1.76. The summed E-state index contributed by atoms with van der Waals surface area (Å²) in [4.78, 5) is 0. The van der Waals surface area contributed by atoms with E-state index in [1.165, 1.54) is 5.56 Å². The molecule has 0 radical (unpaired) electrons. The predicted octanol–water partition coefficient (Wildman–Crippen LogP) is 4.66. The number of rotatable bonds is 5. The van der Waals surface area contributed by atoms with E-state index in [9.17, 15) is 0 Å². The molecule has 1 aromatic rings. The van der Waals surface area contributed by atoms with Gasteiger partial charge >= 0.3 is 0 Å². The standard InChI is InChI=1S/C16H20O/c1-4-7-9-15(8-5-2)17-16-12-10-14(6-3)11-13-16/h4-5,7-13H,6H2,1-3H3/b7-4-,8-5-,15-9+. The Morgan fingerprint density at radius 1 is 1.12 bits per heavy atom. The van der Waals surface area contributed by atoms with Gasteiger partial charge in [0.25, 0.3) is 0 Å². The van der Waals surface area contributed by atoms with E-state index >= 15 is 0 Å². The van der Waals surface area contributed by atoms with E-state index in [0.29, 0.717) is 0 Å². The van der Waals surface area contributed by atoms with Crippen molar-refractivity contribution in [3.63, 3.8) is 0 Å². The summed E-state index contributed by atoms with van der Waals surface area (Å²) in [5.41, 5.74) is 1.32. The Morgan fingerprint density at radius 3 is 2.35 bits per heavy atom. The first kappa shape index (κ1) is 13.3. The molecule has 0 bridgehead atoms. The number of benzene rings is 1. The van der Waals surface area contributed by atoms with Crippen LogP contribution in [0.15, 0.2) is 60.4 Å². The predicted molar refractivity (Wildman–Crippen MR) is 74.2 cm³/mol. The van der Waals surface area contributed by atoms with Crippen molar-refractivity contribution >= 4 is 0 Å². The van der Waals surface area contributed by atoms with E-state index in [-0.39, 0.29) is 0 Å². The third-order valence-electron chi connectivity index (χ3n) is 2.35. The molecular formula is C16H20O. The molecule has 0 aliphatic heterocycles. The van der Waals surface area contributed by atoms with Crippen LogP contribution in [0.1, 0.15) is 26.3 Å². The zero-order valence-electron chi connectivity index (χ0n) is 10.8. The van der Waals surface area contributed by atoms with Crippen LogP contribution < -0.4 is 4.74 Å². The molecule has 0 heterocycles. The van der Waals surface area contributed by atoms with Gasteiger partial charge in [0.2, 0.25) is 0 Å². The molecule has 0 saturated carbocycles. The Kier molecular flexibility index (Phi) is 5.87. The van der Waals surface area contributed by atoms with Crippen molar-refractivity contribution in [1.29, 1.82) is 0 Å². The number of allylic oxidation sites excluding steroid dienone is 5. The second-order valence-corrected chi connectivity index (χ2v) is 3.69. The number of hydrogen-bond acceptors (Lipinski definition) is 1. The number of hydrogen-bond donors (Lipinski definition) is 0. The fourth-order valence-corrected chi connectivity index (χ4v) is 1.41. The normalized spacial score (nSPS) is 12.5. The molecule has 0 atom stereocenters. The number of aryl methyl sites for hydroxylation is 1. The van der Waals surface area contributed by atoms with Crippen LogP contribution in [0.25, 0.3) is 0 Å². The van der Waals surface area contributed by atoms with Crippen LogP contribution >= 0.6 is 0 Å². The summed E-state index contributed by atoms with van der Waals surface area (Å²) in [6, 6.07) is 8.20. The molecule has 0 aromatic heterocycles. The monoisotopic (exact) mass is 228 g/mol. The first-order chi connectivity index (χ1) is 8.30. The smallest absolute Gasteiger partial charge is 0.127 e. The highest BCUT2D eigenvalue weighted by Gasteiger charge is 1.96. The largest absolute Gasteiger partial charge is 0.457 e. The quantitative estimate of drug-likeness (QED) is 0.526. The van der Waals surface area contributed by atoms with Gasteiger partial charge in [0.1, 0.15) is 11.5 Å². The lowest BCUT2D eigenvalue weighted by atomic mass is 10.2. The minimum absolute atomic E-state index is 0.842. The Balaban J connectivity index is 2.78. The van der Waals surface area contributed by atoms with Crippen LogP contribution in [-0.4, -0.2) is 0 Å². The van der Waals surface area contributed by atoms with Crippen molar-refractivity contribution in [3.05, 3.63) is 66.0 Å². The van der Waals surface area contributed by atoms with E-state index in [4.69, 9.17) is 4.74 Å². The molecule has 1 rings (SSSR count). The molecule has 0 saturated heterocycles. The Bertz CT molecular complexity index is 408. The van der Waals surface area contributed by atoms with E-state index in [1.54, 1.807) is 0 Å². The fraction of sp³-hybridized carbons (Fsp3) is 0.250. The minimum atomic E-state index is 0.842. The van der Waals surface area contributed by atoms with Crippen LogP contribution in [0.2, 0.25) is 0 Å². The maximum atomic E-state index is 5.78. The lowest BCUT2D eigenvalue weighted by Gasteiger charge is -2.06. The summed E-state index contributed by atoms with van der Waals surface area (Å²) in [5, 5.41) is 0. The molecule has 0 aliphatic rings. The second kappa shape index (κ2) is 7.50. The summed E-state index contributed by atoms with van der Waals surface area (Å²) in [6.45, 7) is 6.11. The molecule has 0 amide bonds. The van der Waals surface area contributed by atoms with Crippen LogP contribution in [-0.2, 0) is 6.42 Å². The highest BCUT2D eigenvalue weighted by atomic mass is 16.5. The SMILES string of the molecule is C\C=C/C=C(\C=C/C)Oc1ccc(CC)cc1. The van der Waals surface area contributed by atoms with Gasteiger partial charge in [-0.25, -0.2) is 0 Å². The zero-order valence-corrected chi connectivity index (χ0v) is 10.8. The van der Waals surface area contributed by atoms with E-state index in [1.807, 2.05) is 56.4 Å². The summed E-state index contributed by atoms with van der Waals surface area (Å²) in [6.07, 6.45) is 10.9. The van der Waals surface area contributed by atoms with Crippen molar-refractivity contribution in [2.45, 2.75) is 27.2 Å². The number of ether oxygens (including phenoxy) is 1. The highest BCUT2D eigenvalue weighted by Crippen LogP contribution is 2.16. The molecule has 17 heavy (non-hydrogen) atoms. The van der Waals surface area contributed by atoms with Gasteiger partial charge in [0.05, 0.1) is 0 Å². The average molecular weight is 228 g/mol. The molecule has 0 spiro atoms. The lowest BCUT2D eigenvalue weighted by Crippen LogP contribution is -1.92. The van der Waals surface area contributed by atoms with Gasteiger partial charge < -0.3 is 4.74 Å². The van der Waals surface area contributed by atoms with Gasteiger partial charge in [0.15, 0.2) is 0 Å². The average Bonchev–Trinajstić information content (AvgIpc) is 2.37. The first-order valence-corrected chi connectivity index (χ1v) is 6.02. The summed E-state index contributed by atoms with van der Waals surface area (Å²) in [7, 11) is 0.